The number of benzene rings is 1. The second-order valence-electron chi connectivity index (χ2n) is 5.67. The number of rotatable bonds is 5. The standard InChI is InChI=1S/C18H18FN5O/c1-3-20-18(25)13-9-15(8-12-4-6-14(19)7-5-12)21-16(10-13)17-11-24(2)23-22-17/h4-7,9-11H,3,8H2,1-2H3,(H,20,25). The average molecular weight is 339 g/mol. The van der Waals surface area contributed by atoms with E-state index in [0.29, 0.717) is 35.6 Å². The smallest absolute Gasteiger partial charge is 0.251 e. The van der Waals surface area contributed by atoms with Gasteiger partial charge >= 0.3 is 0 Å². The van der Waals surface area contributed by atoms with Crippen molar-refractivity contribution in [1.82, 2.24) is 25.3 Å². The lowest BCUT2D eigenvalue weighted by Gasteiger charge is -2.08. The van der Waals surface area contributed by atoms with Gasteiger partial charge in [-0.1, -0.05) is 17.3 Å². The van der Waals surface area contributed by atoms with Crippen LogP contribution in [0.15, 0.2) is 42.6 Å². The summed E-state index contributed by atoms with van der Waals surface area (Å²) in [5, 5.41) is 10.8. The molecule has 0 spiro atoms. The number of hydrogen-bond acceptors (Lipinski definition) is 4. The predicted molar refractivity (Wildman–Crippen MR) is 91.4 cm³/mol. The van der Waals surface area contributed by atoms with Crippen LogP contribution in [0.5, 0.6) is 0 Å². The number of nitrogens with one attached hydrogen (secondary N) is 1. The molecule has 128 valence electrons. The van der Waals surface area contributed by atoms with Crippen LogP contribution >= 0.6 is 0 Å². The summed E-state index contributed by atoms with van der Waals surface area (Å²) in [4.78, 5) is 16.8. The van der Waals surface area contributed by atoms with E-state index in [0.717, 1.165) is 5.56 Å². The largest absolute Gasteiger partial charge is 0.352 e. The molecule has 25 heavy (non-hydrogen) atoms. The third-order valence-corrected chi connectivity index (χ3v) is 3.64. The molecule has 0 aliphatic heterocycles. The zero-order valence-corrected chi connectivity index (χ0v) is 14.0. The summed E-state index contributed by atoms with van der Waals surface area (Å²) in [5.41, 5.74) is 3.29. The second-order valence-corrected chi connectivity index (χ2v) is 5.67. The van der Waals surface area contributed by atoms with E-state index in [2.05, 4.69) is 20.6 Å². The first-order valence-corrected chi connectivity index (χ1v) is 7.95. The Kier molecular flexibility index (Phi) is 4.83. The molecular formula is C18H18FN5O. The van der Waals surface area contributed by atoms with Crippen LogP contribution < -0.4 is 5.32 Å². The van der Waals surface area contributed by atoms with E-state index in [9.17, 15) is 9.18 Å². The minimum Gasteiger partial charge on any atom is -0.352 e. The number of nitrogens with zero attached hydrogens (tertiary/aromatic N) is 4. The van der Waals surface area contributed by atoms with Crippen molar-refractivity contribution in [2.45, 2.75) is 13.3 Å². The topological polar surface area (TPSA) is 72.7 Å². The third kappa shape index (κ3) is 4.06. The monoisotopic (exact) mass is 339 g/mol. The van der Waals surface area contributed by atoms with Gasteiger partial charge in [-0.2, -0.15) is 0 Å². The number of amides is 1. The summed E-state index contributed by atoms with van der Waals surface area (Å²) >= 11 is 0. The van der Waals surface area contributed by atoms with Crippen molar-refractivity contribution in [3.63, 3.8) is 0 Å². The van der Waals surface area contributed by atoms with Crippen molar-refractivity contribution in [3.8, 4) is 11.4 Å². The van der Waals surface area contributed by atoms with E-state index in [1.165, 1.54) is 12.1 Å². The van der Waals surface area contributed by atoms with Crippen LogP contribution in [0.2, 0.25) is 0 Å². The van der Waals surface area contributed by atoms with Gasteiger partial charge in [-0.05, 0) is 36.8 Å². The first-order chi connectivity index (χ1) is 12.0. The number of carbonyl (C=O) groups excluding carboxylic acids is 1. The molecule has 0 saturated heterocycles. The molecule has 7 heteroatoms. The highest BCUT2D eigenvalue weighted by atomic mass is 19.1. The normalized spacial score (nSPS) is 10.7. The van der Waals surface area contributed by atoms with Crippen molar-refractivity contribution in [3.05, 3.63) is 65.2 Å². The molecule has 2 heterocycles. The maximum absolute atomic E-state index is 13.1. The summed E-state index contributed by atoms with van der Waals surface area (Å²) in [7, 11) is 1.77. The number of aryl methyl sites for hydroxylation is 1. The minimum absolute atomic E-state index is 0.171. The molecule has 1 N–H and O–H groups in total. The van der Waals surface area contributed by atoms with E-state index in [4.69, 9.17) is 0 Å². The Morgan fingerprint density at radius 1 is 1.20 bits per heavy atom. The van der Waals surface area contributed by atoms with Gasteiger partial charge in [0.25, 0.3) is 5.91 Å². The Bertz CT molecular complexity index is 889. The SMILES string of the molecule is CCNC(=O)c1cc(Cc2ccc(F)cc2)nc(-c2cn(C)nn2)c1. The van der Waals surface area contributed by atoms with Crippen molar-refractivity contribution < 1.29 is 9.18 Å². The number of hydrogen-bond donors (Lipinski definition) is 1. The molecule has 1 amide bonds. The van der Waals surface area contributed by atoms with Gasteiger partial charge in [-0.3, -0.25) is 14.5 Å². The van der Waals surface area contributed by atoms with E-state index in [1.54, 1.807) is 42.2 Å². The summed E-state index contributed by atoms with van der Waals surface area (Å²) in [5.74, 6) is -0.455. The van der Waals surface area contributed by atoms with Crippen LogP contribution in [-0.4, -0.2) is 32.4 Å². The maximum atomic E-state index is 13.1. The fourth-order valence-electron chi connectivity index (χ4n) is 2.48. The van der Waals surface area contributed by atoms with Crippen molar-refractivity contribution in [1.29, 1.82) is 0 Å². The van der Waals surface area contributed by atoms with E-state index in [-0.39, 0.29) is 11.7 Å². The molecular weight excluding hydrogens is 321 g/mol. The molecule has 6 nitrogen and oxygen atoms in total. The fraction of sp³-hybridized carbons (Fsp3) is 0.222. The number of pyridine rings is 1. The van der Waals surface area contributed by atoms with Crippen LogP contribution in [0.25, 0.3) is 11.4 Å². The van der Waals surface area contributed by atoms with Crippen molar-refractivity contribution >= 4 is 5.91 Å². The van der Waals surface area contributed by atoms with Gasteiger partial charge in [0, 0.05) is 31.3 Å². The lowest BCUT2D eigenvalue weighted by molar-refractivity contribution is 0.0955. The van der Waals surface area contributed by atoms with Crippen LogP contribution in [0, 0.1) is 5.82 Å². The highest BCUT2D eigenvalue weighted by molar-refractivity contribution is 5.95. The second kappa shape index (κ2) is 7.21. The molecule has 0 aliphatic carbocycles. The third-order valence-electron chi connectivity index (χ3n) is 3.64. The summed E-state index contributed by atoms with van der Waals surface area (Å²) in [6, 6.07) is 9.67. The molecule has 0 atom stereocenters. The molecule has 2 aromatic heterocycles. The van der Waals surface area contributed by atoms with Crippen LogP contribution in [0.4, 0.5) is 4.39 Å². The summed E-state index contributed by atoms with van der Waals surface area (Å²) in [6.45, 7) is 2.40. The Balaban J connectivity index is 1.99. The van der Waals surface area contributed by atoms with Gasteiger partial charge in [-0.15, -0.1) is 5.10 Å². The zero-order chi connectivity index (χ0) is 17.8. The number of carbonyl (C=O) groups is 1. The van der Waals surface area contributed by atoms with Gasteiger partial charge in [-0.25, -0.2) is 4.39 Å². The molecule has 0 aliphatic rings. The molecule has 0 saturated carbocycles. The van der Waals surface area contributed by atoms with Gasteiger partial charge in [0.2, 0.25) is 0 Å². The predicted octanol–water partition coefficient (Wildman–Crippen LogP) is 2.36. The van der Waals surface area contributed by atoms with E-state index >= 15 is 0 Å². The summed E-state index contributed by atoms with van der Waals surface area (Å²) < 4.78 is 14.7. The Morgan fingerprint density at radius 2 is 1.96 bits per heavy atom. The van der Waals surface area contributed by atoms with Gasteiger partial charge in [0.15, 0.2) is 0 Å². The average Bonchev–Trinajstić information content (AvgIpc) is 3.03. The van der Waals surface area contributed by atoms with E-state index in [1.807, 2.05) is 6.92 Å². The molecule has 0 radical (unpaired) electrons. The zero-order valence-electron chi connectivity index (χ0n) is 14.0. The highest BCUT2D eigenvalue weighted by Gasteiger charge is 2.13. The van der Waals surface area contributed by atoms with Gasteiger partial charge in [0.05, 0.1) is 11.9 Å². The molecule has 3 aromatic rings. The lowest BCUT2D eigenvalue weighted by atomic mass is 10.1. The Hall–Kier alpha value is -3.09. The minimum atomic E-state index is -0.284. The van der Waals surface area contributed by atoms with Crippen LogP contribution in [0.3, 0.4) is 0 Å². The van der Waals surface area contributed by atoms with Gasteiger partial charge < -0.3 is 5.32 Å². The maximum Gasteiger partial charge on any atom is 0.251 e. The Morgan fingerprint density at radius 3 is 2.60 bits per heavy atom. The number of halogens is 1. The van der Waals surface area contributed by atoms with Crippen LogP contribution in [-0.2, 0) is 13.5 Å². The highest BCUT2D eigenvalue weighted by Crippen LogP contribution is 2.19. The molecule has 3 rings (SSSR count). The summed E-state index contributed by atoms with van der Waals surface area (Å²) in [6.07, 6.45) is 2.23. The quantitative estimate of drug-likeness (QED) is 0.774. The van der Waals surface area contributed by atoms with E-state index < -0.39 is 0 Å². The molecule has 0 bridgehead atoms. The van der Waals surface area contributed by atoms with Crippen LogP contribution in [0.1, 0.15) is 28.5 Å². The first-order valence-electron chi connectivity index (χ1n) is 7.95. The fourth-order valence-corrected chi connectivity index (χ4v) is 2.48. The molecule has 0 unspecified atom stereocenters. The van der Waals surface area contributed by atoms with Gasteiger partial charge in [0.1, 0.15) is 11.5 Å². The lowest BCUT2D eigenvalue weighted by Crippen LogP contribution is -2.23. The van der Waals surface area contributed by atoms with Crippen molar-refractivity contribution in [2.75, 3.05) is 6.54 Å². The molecule has 0 fully saturated rings. The van der Waals surface area contributed by atoms with Crippen molar-refractivity contribution in [2.24, 2.45) is 7.05 Å². The Labute approximate surface area is 144 Å². The molecule has 1 aromatic carbocycles. The first kappa shape index (κ1) is 16.8. The number of aromatic nitrogens is 4.